The number of hydrogen-bond donors (Lipinski definition) is 6. The summed E-state index contributed by atoms with van der Waals surface area (Å²) in [4.78, 5) is 49.0. The number of hydrogen-bond acceptors (Lipinski definition) is 6. The summed E-state index contributed by atoms with van der Waals surface area (Å²) in [6, 6.07) is -3.08. The molecule has 0 bridgehead atoms. The van der Waals surface area contributed by atoms with Gasteiger partial charge >= 0.3 is 5.97 Å². The molecule has 1 fully saturated rings. The molecule has 5 unspecified atom stereocenters. The van der Waals surface area contributed by atoms with Gasteiger partial charge in [0.25, 0.3) is 0 Å². The Balaban J connectivity index is 2.71. The molecule has 172 valence electrons. The number of amides is 3. The quantitative estimate of drug-likeness (QED) is 0.215. The van der Waals surface area contributed by atoms with Crippen molar-refractivity contribution < 1.29 is 24.3 Å². The average Bonchev–Trinajstić information content (AvgIpc) is 3.25. The molecule has 0 aromatic carbocycles. The Morgan fingerprint density at radius 2 is 1.80 bits per heavy atom. The summed E-state index contributed by atoms with van der Waals surface area (Å²) in [6.45, 7) is 6.31. The zero-order valence-corrected chi connectivity index (χ0v) is 18.2. The Labute approximate surface area is 178 Å². The molecule has 1 rings (SSSR count). The molecule has 10 heteroatoms. The number of aliphatic carboxylic acids is 1. The van der Waals surface area contributed by atoms with Crippen molar-refractivity contribution in [3.05, 3.63) is 0 Å². The van der Waals surface area contributed by atoms with Gasteiger partial charge in [-0.2, -0.15) is 0 Å². The second kappa shape index (κ2) is 13.2. The number of unbranched alkanes of at least 4 members (excludes halogenated alkanes) is 1. The van der Waals surface area contributed by atoms with Gasteiger partial charge in [0, 0.05) is 0 Å². The van der Waals surface area contributed by atoms with E-state index in [1.165, 1.54) is 6.92 Å². The Morgan fingerprint density at radius 3 is 2.33 bits per heavy atom. The van der Waals surface area contributed by atoms with E-state index in [4.69, 9.17) is 5.73 Å². The average molecular weight is 428 g/mol. The predicted molar refractivity (Wildman–Crippen MR) is 112 cm³/mol. The lowest BCUT2D eigenvalue weighted by Gasteiger charge is -2.25. The van der Waals surface area contributed by atoms with Gasteiger partial charge in [0.05, 0.1) is 6.04 Å². The van der Waals surface area contributed by atoms with Crippen molar-refractivity contribution in [2.75, 3.05) is 13.1 Å². The molecule has 7 N–H and O–H groups in total. The van der Waals surface area contributed by atoms with Gasteiger partial charge in [0.2, 0.25) is 17.7 Å². The van der Waals surface area contributed by atoms with Crippen LogP contribution < -0.4 is 27.0 Å². The predicted octanol–water partition coefficient (Wildman–Crippen LogP) is -0.528. The first kappa shape index (κ1) is 25.8. The summed E-state index contributed by atoms with van der Waals surface area (Å²) in [5.41, 5.74) is 5.52. The fourth-order valence-electron chi connectivity index (χ4n) is 3.28. The molecule has 1 heterocycles. The minimum atomic E-state index is -1.12. The first-order valence-electron chi connectivity index (χ1n) is 10.8. The summed E-state index contributed by atoms with van der Waals surface area (Å²) in [7, 11) is 0. The molecule has 1 aliphatic heterocycles. The first-order chi connectivity index (χ1) is 14.2. The van der Waals surface area contributed by atoms with Gasteiger partial charge < -0.3 is 32.1 Å². The first-order valence-corrected chi connectivity index (χ1v) is 10.8. The molecule has 10 nitrogen and oxygen atoms in total. The van der Waals surface area contributed by atoms with E-state index in [0.29, 0.717) is 38.6 Å². The molecule has 30 heavy (non-hydrogen) atoms. The minimum Gasteiger partial charge on any atom is -0.480 e. The third kappa shape index (κ3) is 8.27. The summed E-state index contributed by atoms with van der Waals surface area (Å²) < 4.78 is 0. The third-order valence-corrected chi connectivity index (χ3v) is 5.49. The molecule has 0 radical (unpaired) electrons. The number of carbonyl (C=O) groups is 4. The molecule has 0 aliphatic carbocycles. The van der Waals surface area contributed by atoms with Gasteiger partial charge in [-0.15, -0.1) is 0 Å². The molecule has 0 aromatic rings. The highest BCUT2D eigenvalue weighted by Crippen LogP contribution is 2.09. The number of carboxylic acids is 1. The highest BCUT2D eigenvalue weighted by molar-refractivity contribution is 5.94. The van der Waals surface area contributed by atoms with Crippen LogP contribution in [0.4, 0.5) is 0 Å². The number of carbonyl (C=O) groups excluding carboxylic acids is 3. The lowest BCUT2D eigenvalue weighted by molar-refractivity contribution is -0.143. The van der Waals surface area contributed by atoms with E-state index in [0.717, 1.165) is 13.0 Å². The summed E-state index contributed by atoms with van der Waals surface area (Å²) in [6.07, 6.45) is 3.98. The van der Waals surface area contributed by atoms with Crippen LogP contribution >= 0.6 is 0 Å². The van der Waals surface area contributed by atoms with Crippen molar-refractivity contribution in [1.82, 2.24) is 21.3 Å². The molecule has 5 atom stereocenters. The second-order valence-corrected chi connectivity index (χ2v) is 7.93. The fourth-order valence-corrected chi connectivity index (χ4v) is 3.28. The zero-order valence-electron chi connectivity index (χ0n) is 18.2. The highest BCUT2D eigenvalue weighted by atomic mass is 16.4. The topological polar surface area (TPSA) is 163 Å². The van der Waals surface area contributed by atoms with Crippen molar-refractivity contribution in [2.45, 2.75) is 83.5 Å². The van der Waals surface area contributed by atoms with Crippen LogP contribution in [-0.4, -0.2) is 66.1 Å². The van der Waals surface area contributed by atoms with Crippen LogP contribution in [0.15, 0.2) is 0 Å². The van der Waals surface area contributed by atoms with E-state index >= 15 is 0 Å². The van der Waals surface area contributed by atoms with E-state index < -0.39 is 35.9 Å². The van der Waals surface area contributed by atoms with Crippen LogP contribution in [0.3, 0.4) is 0 Å². The van der Waals surface area contributed by atoms with Crippen molar-refractivity contribution in [1.29, 1.82) is 0 Å². The maximum atomic E-state index is 12.7. The van der Waals surface area contributed by atoms with Crippen LogP contribution in [0.5, 0.6) is 0 Å². The smallest absolute Gasteiger partial charge is 0.326 e. The number of carboxylic acid groups (broad SMARTS) is 1. The number of rotatable bonds is 13. The van der Waals surface area contributed by atoms with Crippen molar-refractivity contribution in [2.24, 2.45) is 11.7 Å². The van der Waals surface area contributed by atoms with Gasteiger partial charge in [0.1, 0.15) is 18.1 Å². The summed E-state index contributed by atoms with van der Waals surface area (Å²) in [5, 5.41) is 20.3. The molecule has 0 saturated carbocycles. The normalized spacial score (nSPS) is 19.9. The van der Waals surface area contributed by atoms with Crippen molar-refractivity contribution >= 4 is 23.7 Å². The molecule has 0 aromatic heterocycles. The second-order valence-electron chi connectivity index (χ2n) is 7.93. The van der Waals surface area contributed by atoms with Gasteiger partial charge in [-0.3, -0.25) is 14.4 Å². The maximum absolute atomic E-state index is 12.7. The number of nitrogens with one attached hydrogen (secondary N) is 4. The standard InChI is InChI=1S/C20H37N5O5/c1-4-12(2)16(20(29)30)25-17(26)13(3)23-19(28)15(8-5-6-10-21)24-18(27)14-9-7-11-22-14/h12-16,22H,4-11,21H2,1-3H3,(H,23,28)(H,24,27)(H,25,26)(H,29,30). The van der Waals surface area contributed by atoms with Crippen LogP contribution in [0.25, 0.3) is 0 Å². The molecule has 1 saturated heterocycles. The molecular formula is C20H37N5O5. The summed E-state index contributed by atoms with van der Waals surface area (Å²) >= 11 is 0. The Kier molecular flexibility index (Phi) is 11.3. The Hall–Kier alpha value is -2.20. The van der Waals surface area contributed by atoms with Crippen LogP contribution in [0.1, 0.15) is 59.3 Å². The van der Waals surface area contributed by atoms with Gasteiger partial charge in [-0.1, -0.05) is 20.3 Å². The lowest BCUT2D eigenvalue weighted by atomic mass is 9.99. The Bertz CT molecular complexity index is 594. The van der Waals surface area contributed by atoms with Crippen LogP contribution in [0.2, 0.25) is 0 Å². The zero-order chi connectivity index (χ0) is 22.7. The van der Waals surface area contributed by atoms with E-state index in [-0.39, 0.29) is 17.9 Å². The number of nitrogens with two attached hydrogens (primary N) is 1. The van der Waals surface area contributed by atoms with E-state index in [2.05, 4.69) is 21.3 Å². The van der Waals surface area contributed by atoms with E-state index in [9.17, 15) is 24.3 Å². The summed E-state index contributed by atoms with van der Waals surface area (Å²) in [5.74, 6) is -2.67. The molecule has 0 spiro atoms. The van der Waals surface area contributed by atoms with Gasteiger partial charge in [-0.25, -0.2) is 4.79 Å². The van der Waals surface area contributed by atoms with Crippen molar-refractivity contribution in [3.8, 4) is 0 Å². The Morgan fingerprint density at radius 1 is 1.10 bits per heavy atom. The van der Waals surface area contributed by atoms with E-state index in [1.54, 1.807) is 6.92 Å². The van der Waals surface area contributed by atoms with Crippen molar-refractivity contribution in [3.63, 3.8) is 0 Å². The molecule has 3 amide bonds. The highest BCUT2D eigenvalue weighted by Gasteiger charge is 2.30. The maximum Gasteiger partial charge on any atom is 0.326 e. The lowest BCUT2D eigenvalue weighted by Crippen LogP contribution is -2.56. The van der Waals surface area contributed by atoms with Gasteiger partial charge in [0.15, 0.2) is 0 Å². The van der Waals surface area contributed by atoms with E-state index in [1.807, 2.05) is 6.92 Å². The monoisotopic (exact) mass is 427 g/mol. The minimum absolute atomic E-state index is 0.236. The SMILES string of the molecule is CCC(C)C(NC(=O)C(C)NC(=O)C(CCCCN)NC(=O)C1CCCN1)C(=O)O. The third-order valence-electron chi connectivity index (χ3n) is 5.49. The fraction of sp³-hybridized carbons (Fsp3) is 0.800. The van der Waals surface area contributed by atoms with Gasteiger partial charge in [-0.05, 0) is 58.0 Å². The molecular weight excluding hydrogens is 390 g/mol. The molecule has 1 aliphatic rings. The van der Waals surface area contributed by atoms with Crippen LogP contribution in [-0.2, 0) is 19.2 Å². The van der Waals surface area contributed by atoms with Crippen LogP contribution in [0, 0.1) is 5.92 Å². The largest absolute Gasteiger partial charge is 0.480 e.